The lowest BCUT2D eigenvalue weighted by molar-refractivity contribution is 0.462. The van der Waals surface area contributed by atoms with Crippen molar-refractivity contribution >= 4 is 23.2 Å². The third kappa shape index (κ3) is 2.10. The predicted octanol–water partition coefficient (Wildman–Crippen LogP) is 2.61. The van der Waals surface area contributed by atoms with Crippen molar-refractivity contribution in [2.75, 3.05) is 0 Å². The second-order valence-electron chi connectivity index (χ2n) is 2.77. The molecular weight excluding hydrogens is 223 g/mol. The molecule has 3 N–H and O–H groups in total. The maximum Gasteiger partial charge on any atom is 0.140 e. The molecule has 1 atom stereocenters. The number of nitrogens with two attached hydrogens (primary N) is 1. The lowest BCUT2D eigenvalue weighted by atomic mass is 10.0. The zero-order valence-corrected chi connectivity index (χ0v) is 8.68. The van der Waals surface area contributed by atoms with Gasteiger partial charge in [-0.15, -0.1) is 0 Å². The second kappa shape index (κ2) is 4.52. The van der Waals surface area contributed by atoms with E-state index in [0.29, 0.717) is 5.56 Å². The van der Waals surface area contributed by atoms with Gasteiger partial charge in [-0.25, -0.2) is 0 Å². The minimum Gasteiger partial charge on any atom is -0.506 e. The molecule has 1 rings (SSSR count). The first-order valence-electron chi connectivity index (χ1n) is 3.87. The van der Waals surface area contributed by atoms with Crippen LogP contribution in [0.25, 0.3) is 0 Å². The van der Waals surface area contributed by atoms with Crippen molar-refractivity contribution in [2.24, 2.45) is 5.73 Å². The van der Waals surface area contributed by atoms with Crippen LogP contribution in [-0.4, -0.2) is 5.11 Å². The number of hydrogen-bond donors (Lipinski definition) is 2. The van der Waals surface area contributed by atoms with Gasteiger partial charge in [0.2, 0.25) is 0 Å². The Balaban J connectivity index is 3.12. The molecule has 5 heteroatoms. The quantitative estimate of drug-likeness (QED) is 0.821. The summed E-state index contributed by atoms with van der Waals surface area (Å²) in [6, 6.07) is 4.47. The average molecular weight is 231 g/mol. The molecule has 3 nitrogen and oxygen atoms in total. The smallest absolute Gasteiger partial charge is 0.140 e. The van der Waals surface area contributed by atoms with E-state index >= 15 is 0 Å². The fraction of sp³-hybridized carbons (Fsp3) is 0.222. The van der Waals surface area contributed by atoms with Gasteiger partial charge >= 0.3 is 0 Å². The van der Waals surface area contributed by atoms with Crippen LogP contribution in [0.5, 0.6) is 5.75 Å². The standard InChI is InChI=1S/C9H8Cl2N2O/c10-6-2-1-5(7(13)3-4-12)9(14)8(6)11/h1-2,7,14H,3,13H2/t7-/m0/s1. The third-order valence-corrected chi connectivity index (χ3v) is 2.61. The summed E-state index contributed by atoms with van der Waals surface area (Å²) < 4.78 is 0. The molecule has 1 aromatic rings. The van der Waals surface area contributed by atoms with Crippen LogP contribution in [0.3, 0.4) is 0 Å². The molecule has 0 bridgehead atoms. The number of halogens is 2. The van der Waals surface area contributed by atoms with Gasteiger partial charge in [-0.2, -0.15) is 5.26 Å². The highest BCUT2D eigenvalue weighted by molar-refractivity contribution is 6.43. The van der Waals surface area contributed by atoms with Gasteiger partial charge in [0.15, 0.2) is 0 Å². The van der Waals surface area contributed by atoms with Crippen LogP contribution in [-0.2, 0) is 0 Å². The summed E-state index contributed by atoms with van der Waals surface area (Å²) in [5.41, 5.74) is 6.07. The van der Waals surface area contributed by atoms with Gasteiger partial charge in [0, 0.05) is 11.6 Å². The van der Waals surface area contributed by atoms with Gasteiger partial charge in [0.25, 0.3) is 0 Å². The van der Waals surface area contributed by atoms with Crippen LogP contribution in [0.2, 0.25) is 10.0 Å². The van der Waals surface area contributed by atoms with E-state index in [1.165, 1.54) is 6.07 Å². The summed E-state index contributed by atoms with van der Waals surface area (Å²) in [4.78, 5) is 0. The second-order valence-corrected chi connectivity index (χ2v) is 3.55. The van der Waals surface area contributed by atoms with Gasteiger partial charge < -0.3 is 10.8 Å². The zero-order chi connectivity index (χ0) is 10.7. The number of phenols is 1. The summed E-state index contributed by atoms with van der Waals surface area (Å²) in [6.07, 6.45) is 0.117. The van der Waals surface area contributed by atoms with Crippen molar-refractivity contribution < 1.29 is 5.11 Å². The van der Waals surface area contributed by atoms with Gasteiger partial charge in [0.05, 0.1) is 17.5 Å². The number of aromatic hydroxyl groups is 1. The van der Waals surface area contributed by atoms with E-state index < -0.39 is 6.04 Å². The van der Waals surface area contributed by atoms with Crippen molar-refractivity contribution in [3.8, 4) is 11.8 Å². The fourth-order valence-electron chi connectivity index (χ4n) is 1.06. The lowest BCUT2D eigenvalue weighted by Gasteiger charge is -2.11. The molecule has 0 saturated heterocycles. The van der Waals surface area contributed by atoms with E-state index in [1.807, 2.05) is 6.07 Å². The summed E-state index contributed by atoms with van der Waals surface area (Å²) in [5, 5.41) is 18.3. The monoisotopic (exact) mass is 230 g/mol. The Morgan fingerprint density at radius 1 is 1.50 bits per heavy atom. The molecular formula is C9H8Cl2N2O. The van der Waals surface area contributed by atoms with Crippen LogP contribution in [0.1, 0.15) is 18.0 Å². The SMILES string of the molecule is N#CC[C@H](N)c1ccc(Cl)c(Cl)c1O. The maximum absolute atomic E-state index is 9.57. The molecule has 0 unspecified atom stereocenters. The Labute approximate surface area is 91.7 Å². The number of hydrogen-bond acceptors (Lipinski definition) is 3. The molecule has 74 valence electrons. The van der Waals surface area contributed by atoms with E-state index in [1.54, 1.807) is 6.07 Å². The molecule has 0 spiro atoms. The molecule has 1 aromatic carbocycles. The minimum atomic E-state index is -0.547. The normalized spacial score (nSPS) is 12.1. The van der Waals surface area contributed by atoms with Crippen LogP contribution < -0.4 is 5.73 Å². The molecule has 14 heavy (non-hydrogen) atoms. The van der Waals surface area contributed by atoms with Gasteiger partial charge in [0.1, 0.15) is 10.8 Å². The molecule has 0 aliphatic heterocycles. The topological polar surface area (TPSA) is 70.0 Å². The molecule has 0 aromatic heterocycles. The van der Waals surface area contributed by atoms with Gasteiger partial charge in [-0.05, 0) is 6.07 Å². The van der Waals surface area contributed by atoms with Crippen molar-refractivity contribution in [3.63, 3.8) is 0 Å². The first-order chi connectivity index (χ1) is 6.57. The highest BCUT2D eigenvalue weighted by atomic mass is 35.5. The predicted molar refractivity (Wildman–Crippen MR) is 55.3 cm³/mol. The largest absolute Gasteiger partial charge is 0.506 e. The molecule has 0 saturated carbocycles. The Morgan fingerprint density at radius 3 is 2.71 bits per heavy atom. The highest BCUT2D eigenvalue weighted by Crippen LogP contribution is 2.36. The maximum atomic E-state index is 9.57. The van der Waals surface area contributed by atoms with E-state index in [-0.39, 0.29) is 22.2 Å². The van der Waals surface area contributed by atoms with Crippen molar-refractivity contribution in [2.45, 2.75) is 12.5 Å². The summed E-state index contributed by atoms with van der Waals surface area (Å²) in [7, 11) is 0. The van der Waals surface area contributed by atoms with Crippen LogP contribution in [0.4, 0.5) is 0 Å². The number of benzene rings is 1. The fourth-order valence-corrected chi connectivity index (χ4v) is 1.39. The molecule has 0 fully saturated rings. The Hall–Kier alpha value is -0.950. The van der Waals surface area contributed by atoms with E-state index in [9.17, 15) is 5.11 Å². The molecule has 0 amide bonds. The Morgan fingerprint density at radius 2 is 2.14 bits per heavy atom. The molecule has 0 heterocycles. The lowest BCUT2D eigenvalue weighted by Crippen LogP contribution is -2.09. The van der Waals surface area contributed by atoms with Crippen molar-refractivity contribution in [3.05, 3.63) is 27.7 Å². The van der Waals surface area contributed by atoms with E-state index in [0.717, 1.165) is 0 Å². The van der Waals surface area contributed by atoms with Gasteiger partial charge in [-0.3, -0.25) is 0 Å². The van der Waals surface area contributed by atoms with Gasteiger partial charge in [-0.1, -0.05) is 29.3 Å². The molecule has 0 aliphatic rings. The molecule has 0 radical (unpaired) electrons. The first kappa shape index (κ1) is 11.1. The number of nitriles is 1. The van der Waals surface area contributed by atoms with Crippen molar-refractivity contribution in [1.29, 1.82) is 5.26 Å². The number of nitrogens with zero attached hydrogens (tertiary/aromatic N) is 1. The van der Waals surface area contributed by atoms with Crippen LogP contribution in [0, 0.1) is 11.3 Å². The number of phenolic OH excluding ortho intramolecular Hbond substituents is 1. The summed E-state index contributed by atoms with van der Waals surface area (Å²) >= 11 is 11.4. The molecule has 0 aliphatic carbocycles. The summed E-state index contributed by atoms with van der Waals surface area (Å²) in [5.74, 6) is -0.151. The minimum absolute atomic E-state index is 0.0672. The van der Waals surface area contributed by atoms with Crippen LogP contribution in [0.15, 0.2) is 12.1 Å². The highest BCUT2D eigenvalue weighted by Gasteiger charge is 2.14. The van der Waals surface area contributed by atoms with Crippen LogP contribution >= 0.6 is 23.2 Å². The average Bonchev–Trinajstić information content (AvgIpc) is 2.15. The zero-order valence-electron chi connectivity index (χ0n) is 7.17. The summed E-state index contributed by atoms with van der Waals surface area (Å²) in [6.45, 7) is 0. The van der Waals surface area contributed by atoms with E-state index in [4.69, 9.17) is 34.2 Å². The number of rotatable bonds is 2. The Bertz CT molecular complexity index is 387. The third-order valence-electron chi connectivity index (χ3n) is 1.81. The first-order valence-corrected chi connectivity index (χ1v) is 4.63. The van der Waals surface area contributed by atoms with Crippen molar-refractivity contribution in [1.82, 2.24) is 0 Å². The Kier molecular flexibility index (Phi) is 3.59. The van der Waals surface area contributed by atoms with E-state index in [2.05, 4.69) is 0 Å².